The SMILES string of the molecule is [B][B][C+](CC)B([B])[B]. The Bertz CT molecular complexity index is 49.6. The highest BCUT2D eigenvalue weighted by atomic mass is 13.7. The summed E-state index contributed by atoms with van der Waals surface area (Å²) in [5.74, 6) is 0. The van der Waals surface area contributed by atoms with Crippen LogP contribution in [0.15, 0.2) is 0 Å². The topological polar surface area (TPSA) is 0 Å². The predicted octanol–water partition coefficient (Wildman–Crippen LogP) is -0.920. The lowest BCUT2D eigenvalue weighted by atomic mass is 9.07. The van der Waals surface area contributed by atoms with Gasteiger partial charge in [-0.25, -0.2) is 0 Å². The molecule has 0 N–H and O–H groups in total. The molecule has 0 nitrogen and oxygen atoms in total. The molecule has 0 atom stereocenters. The van der Waals surface area contributed by atoms with Crippen molar-refractivity contribution in [3.63, 3.8) is 0 Å². The fourth-order valence-corrected chi connectivity index (χ4v) is 0.465. The second-order valence-electron chi connectivity index (χ2n) is 1.62. The van der Waals surface area contributed by atoms with Crippen molar-refractivity contribution < 1.29 is 0 Å². The fourth-order valence-electron chi connectivity index (χ4n) is 0.465. The van der Waals surface area contributed by atoms with Crippen LogP contribution in [0.5, 0.6) is 0 Å². The maximum Gasteiger partial charge on any atom is 0.313 e. The first-order chi connectivity index (χ1) is 3.72. The van der Waals surface area contributed by atoms with E-state index in [1.807, 2.05) is 6.92 Å². The van der Waals surface area contributed by atoms with Gasteiger partial charge in [-0.2, -0.15) is 0 Å². The zero-order valence-corrected chi connectivity index (χ0v) is 5.09. The van der Waals surface area contributed by atoms with Crippen LogP contribution in [-0.4, -0.2) is 36.9 Å². The Morgan fingerprint density at radius 3 is 2.12 bits per heavy atom. The van der Waals surface area contributed by atoms with Gasteiger partial charge in [-0.05, 0) is 6.92 Å². The lowest BCUT2D eigenvalue weighted by Crippen LogP contribution is -2.29. The van der Waals surface area contributed by atoms with Gasteiger partial charge in [-0.1, -0.05) is 5.72 Å². The predicted molar refractivity (Wildman–Crippen MR) is 42.3 cm³/mol. The molecular weight excluding hydrogens is 90.1 g/mol. The minimum absolute atomic E-state index is 0.384. The summed E-state index contributed by atoms with van der Waals surface area (Å²) in [6.45, 7) is 1.58. The van der Waals surface area contributed by atoms with Crippen LogP contribution in [0.3, 0.4) is 0 Å². The van der Waals surface area contributed by atoms with Gasteiger partial charge in [0, 0.05) is 6.42 Å². The molecule has 0 fully saturated rings. The number of hydrogen-bond acceptors (Lipinski definition) is 0. The third-order valence-electron chi connectivity index (χ3n) is 1.05. The number of hydrogen-bond donors (Lipinski definition) is 0. The molecule has 0 saturated carbocycles. The molecule has 0 rings (SSSR count). The van der Waals surface area contributed by atoms with E-state index in [0.29, 0.717) is 0 Å². The van der Waals surface area contributed by atoms with Gasteiger partial charge in [0.15, 0.2) is 0 Å². The molecule has 0 saturated heterocycles. The smallest absolute Gasteiger partial charge is 0.0674 e. The van der Waals surface area contributed by atoms with Crippen molar-refractivity contribution >= 4 is 36.9 Å². The highest BCUT2D eigenvalue weighted by Crippen LogP contribution is 2.00. The molecule has 0 aliphatic rings. The zero-order valence-electron chi connectivity index (χ0n) is 5.09. The lowest BCUT2D eigenvalue weighted by Gasteiger charge is -2.01. The summed E-state index contributed by atoms with van der Waals surface area (Å²) in [4.78, 5) is 0. The zero-order chi connectivity index (χ0) is 6.57. The van der Waals surface area contributed by atoms with E-state index in [0.717, 1.165) is 12.1 Å². The second-order valence-corrected chi connectivity index (χ2v) is 1.62. The van der Waals surface area contributed by atoms with E-state index in [4.69, 9.17) is 23.2 Å². The molecule has 0 aliphatic carbocycles. The second kappa shape index (κ2) is 4.11. The van der Waals surface area contributed by atoms with Crippen LogP contribution in [0.2, 0.25) is 0 Å². The van der Waals surface area contributed by atoms with Gasteiger partial charge in [0.1, 0.15) is 0 Å². The molecule has 0 heterocycles. The summed E-state index contributed by atoms with van der Waals surface area (Å²) in [5.41, 5.74) is 0.894. The minimum atomic E-state index is -0.384. The van der Waals surface area contributed by atoms with E-state index in [-0.39, 0.29) is 6.49 Å². The van der Waals surface area contributed by atoms with Gasteiger partial charge in [0.25, 0.3) is 0 Å². The van der Waals surface area contributed by atoms with E-state index >= 15 is 0 Å². The number of rotatable bonds is 3. The molecule has 0 aliphatic heterocycles. The van der Waals surface area contributed by atoms with E-state index in [1.165, 1.54) is 7.17 Å². The van der Waals surface area contributed by atoms with Crippen LogP contribution in [0.25, 0.3) is 0 Å². The highest BCUT2D eigenvalue weighted by Gasteiger charge is 2.21. The normalized spacial score (nSPS) is 8.12. The Hall–Kier alpha value is 0.195. The molecule has 0 unspecified atom stereocenters. The van der Waals surface area contributed by atoms with Crippen LogP contribution in [0.1, 0.15) is 13.3 Å². The van der Waals surface area contributed by atoms with Gasteiger partial charge in [-0.3, -0.25) is 0 Å². The van der Waals surface area contributed by atoms with Crippen molar-refractivity contribution in [1.82, 2.24) is 0 Å². The summed E-state index contributed by atoms with van der Waals surface area (Å²) < 4.78 is 0. The van der Waals surface area contributed by atoms with Crippen molar-refractivity contribution in [3.8, 4) is 0 Å². The minimum Gasteiger partial charge on any atom is -0.0674 e. The molecule has 7 radical (unpaired) electrons. The molecule has 31 valence electrons. The Morgan fingerprint density at radius 1 is 1.62 bits per heavy atom. The summed E-state index contributed by atoms with van der Waals surface area (Å²) in [7, 11) is 17.2. The van der Waals surface area contributed by atoms with Crippen LogP contribution in [0.4, 0.5) is 0 Å². The van der Waals surface area contributed by atoms with Gasteiger partial charge in [0.05, 0.1) is 23.2 Å². The summed E-state index contributed by atoms with van der Waals surface area (Å²) in [6, 6.07) is 0. The third kappa shape index (κ3) is 2.49. The van der Waals surface area contributed by atoms with Gasteiger partial charge < -0.3 is 0 Å². The van der Waals surface area contributed by atoms with Gasteiger partial charge >= 0.3 is 7.17 Å². The van der Waals surface area contributed by atoms with Crippen molar-refractivity contribution in [3.05, 3.63) is 5.72 Å². The van der Waals surface area contributed by atoms with Gasteiger partial charge in [-0.15, -0.1) is 0 Å². The van der Waals surface area contributed by atoms with Crippen molar-refractivity contribution in [2.45, 2.75) is 13.3 Å². The molecule has 0 aromatic rings. The first kappa shape index (κ1) is 8.19. The molecule has 5 heteroatoms. The molecular formula is C3H5B5+. The van der Waals surface area contributed by atoms with Crippen LogP contribution < -0.4 is 0 Å². The van der Waals surface area contributed by atoms with Crippen LogP contribution in [-0.2, 0) is 0 Å². The molecule has 0 aromatic carbocycles. The fraction of sp³-hybridized carbons (Fsp3) is 0.667. The maximum absolute atomic E-state index is 5.29. The summed E-state index contributed by atoms with van der Waals surface area (Å²) >= 11 is 0. The quantitative estimate of drug-likeness (QED) is 0.314. The third-order valence-corrected chi connectivity index (χ3v) is 1.05. The molecule has 0 bridgehead atoms. The van der Waals surface area contributed by atoms with E-state index in [2.05, 4.69) is 0 Å². The van der Waals surface area contributed by atoms with Crippen molar-refractivity contribution in [2.75, 3.05) is 0 Å². The Labute approximate surface area is 56.7 Å². The average molecular weight is 95.1 g/mol. The Balaban J connectivity index is 3.35. The summed E-state index contributed by atoms with van der Waals surface area (Å²) in [6.07, 6.45) is 0.828. The average Bonchev–Trinajstić information content (AvgIpc) is 1.69. The van der Waals surface area contributed by atoms with E-state index in [1.54, 1.807) is 0 Å². The Morgan fingerprint density at radius 2 is 2.12 bits per heavy atom. The Kier molecular flexibility index (Phi) is 4.21. The first-order valence-corrected chi connectivity index (χ1v) is 2.64. The van der Waals surface area contributed by atoms with Crippen molar-refractivity contribution in [1.29, 1.82) is 0 Å². The first-order valence-electron chi connectivity index (χ1n) is 2.64. The van der Waals surface area contributed by atoms with Crippen LogP contribution in [0, 0.1) is 5.72 Å². The van der Waals surface area contributed by atoms with E-state index < -0.39 is 0 Å². The lowest BCUT2D eigenvalue weighted by molar-refractivity contribution is 1.15. The highest BCUT2D eigenvalue weighted by molar-refractivity contribution is 7.36. The standard InChI is InChI=1S/C3H5B5/c1-2-3(7-4)8(5)6/h2H2,1H3/q+1. The largest absolute Gasteiger partial charge is 0.313 e. The van der Waals surface area contributed by atoms with Gasteiger partial charge in [0.2, 0.25) is 6.49 Å². The van der Waals surface area contributed by atoms with E-state index in [9.17, 15) is 0 Å². The maximum atomic E-state index is 5.29. The molecule has 0 amide bonds. The molecule has 0 spiro atoms. The monoisotopic (exact) mass is 96.1 g/mol. The molecule has 8 heavy (non-hydrogen) atoms. The van der Waals surface area contributed by atoms with Crippen molar-refractivity contribution in [2.24, 2.45) is 0 Å². The van der Waals surface area contributed by atoms with Crippen LogP contribution >= 0.6 is 0 Å². The molecule has 0 aromatic heterocycles. The summed E-state index contributed by atoms with van der Waals surface area (Å²) in [5, 5.41) is 0.